The van der Waals surface area contributed by atoms with E-state index in [2.05, 4.69) is 9.97 Å². The van der Waals surface area contributed by atoms with Crippen molar-refractivity contribution in [2.75, 3.05) is 18.5 Å². The second-order valence-electron chi connectivity index (χ2n) is 4.18. The molecule has 100 valence electrons. The fourth-order valence-corrected chi connectivity index (χ4v) is 2.45. The van der Waals surface area contributed by atoms with E-state index in [1.165, 1.54) is 11.3 Å². The zero-order valence-electron chi connectivity index (χ0n) is 10.6. The van der Waals surface area contributed by atoms with Crippen molar-refractivity contribution in [2.45, 2.75) is 12.8 Å². The SMILES string of the molecule is CN(CCc1ccccn1)c1nc(CC(=O)O)cs1. The summed E-state index contributed by atoms with van der Waals surface area (Å²) in [7, 11) is 1.95. The lowest BCUT2D eigenvalue weighted by Crippen LogP contribution is -2.20. The highest BCUT2D eigenvalue weighted by molar-refractivity contribution is 7.13. The fraction of sp³-hybridized carbons (Fsp3) is 0.308. The number of anilines is 1. The Kier molecular flexibility index (Phi) is 4.46. The van der Waals surface area contributed by atoms with Crippen LogP contribution in [0, 0.1) is 0 Å². The molecule has 0 aliphatic rings. The van der Waals surface area contributed by atoms with Gasteiger partial charge in [0.15, 0.2) is 5.13 Å². The average molecular weight is 277 g/mol. The molecule has 0 saturated carbocycles. The summed E-state index contributed by atoms with van der Waals surface area (Å²) in [5, 5.41) is 11.3. The first kappa shape index (κ1) is 13.5. The van der Waals surface area contributed by atoms with E-state index >= 15 is 0 Å². The predicted molar refractivity (Wildman–Crippen MR) is 74.7 cm³/mol. The van der Waals surface area contributed by atoms with Gasteiger partial charge in [0.1, 0.15) is 0 Å². The lowest BCUT2D eigenvalue weighted by molar-refractivity contribution is -0.136. The fourth-order valence-electron chi connectivity index (χ4n) is 1.63. The van der Waals surface area contributed by atoms with Crippen molar-refractivity contribution in [3.63, 3.8) is 0 Å². The molecule has 0 saturated heterocycles. The van der Waals surface area contributed by atoms with Crippen LogP contribution in [0.25, 0.3) is 0 Å². The Bertz CT molecular complexity index is 542. The molecule has 5 nitrogen and oxygen atoms in total. The number of carbonyl (C=O) groups is 1. The van der Waals surface area contributed by atoms with Gasteiger partial charge in [0, 0.05) is 37.3 Å². The Morgan fingerprint density at radius 1 is 1.42 bits per heavy atom. The number of thiazole rings is 1. The Labute approximate surface area is 115 Å². The van der Waals surface area contributed by atoms with Crippen molar-refractivity contribution in [1.29, 1.82) is 0 Å². The molecule has 0 aliphatic carbocycles. The minimum Gasteiger partial charge on any atom is -0.481 e. The number of carboxylic acids is 1. The largest absolute Gasteiger partial charge is 0.481 e. The quantitative estimate of drug-likeness (QED) is 0.872. The van der Waals surface area contributed by atoms with Gasteiger partial charge in [0.25, 0.3) is 0 Å². The summed E-state index contributed by atoms with van der Waals surface area (Å²) in [4.78, 5) is 21.2. The molecule has 0 spiro atoms. The van der Waals surface area contributed by atoms with Gasteiger partial charge < -0.3 is 10.0 Å². The number of likely N-dealkylation sites (N-methyl/N-ethyl adjacent to an activating group) is 1. The van der Waals surface area contributed by atoms with E-state index in [1.54, 1.807) is 11.6 Å². The molecule has 0 aliphatic heterocycles. The molecule has 0 aromatic carbocycles. The summed E-state index contributed by atoms with van der Waals surface area (Å²) in [6.07, 6.45) is 2.60. The van der Waals surface area contributed by atoms with Crippen molar-refractivity contribution >= 4 is 22.4 Å². The summed E-state index contributed by atoms with van der Waals surface area (Å²) in [5.41, 5.74) is 1.65. The summed E-state index contributed by atoms with van der Waals surface area (Å²) in [6, 6.07) is 5.86. The predicted octanol–water partition coefficient (Wildman–Crippen LogP) is 1.84. The molecule has 0 unspecified atom stereocenters. The van der Waals surface area contributed by atoms with Crippen molar-refractivity contribution in [2.24, 2.45) is 0 Å². The third kappa shape index (κ3) is 4.03. The van der Waals surface area contributed by atoms with Crippen LogP contribution in [0.4, 0.5) is 5.13 Å². The van der Waals surface area contributed by atoms with Crippen molar-refractivity contribution in [3.8, 4) is 0 Å². The number of aliphatic carboxylic acids is 1. The Morgan fingerprint density at radius 3 is 2.95 bits per heavy atom. The second-order valence-corrected chi connectivity index (χ2v) is 5.02. The lowest BCUT2D eigenvalue weighted by atomic mass is 10.2. The molecule has 0 bridgehead atoms. The Balaban J connectivity index is 1.91. The van der Waals surface area contributed by atoms with E-state index in [1.807, 2.05) is 30.1 Å². The number of hydrogen-bond acceptors (Lipinski definition) is 5. The molecule has 0 amide bonds. The summed E-state index contributed by atoms with van der Waals surface area (Å²) >= 11 is 1.47. The smallest absolute Gasteiger partial charge is 0.309 e. The van der Waals surface area contributed by atoms with E-state index < -0.39 is 5.97 Å². The maximum Gasteiger partial charge on any atom is 0.309 e. The molecule has 1 N–H and O–H groups in total. The maximum atomic E-state index is 10.6. The van der Waals surface area contributed by atoms with Crippen molar-refractivity contribution in [3.05, 3.63) is 41.2 Å². The molecule has 0 radical (unpaired) electrons. The van der Waals surface area contributed by atoms with Crippen molar-refractivity contribution < 1.29 is 9.90 Å². The van der Waals surface area contributed by atoms with Gasteiger partial charge in [-0.05, 0) is 12.1 Å². The second kappa shape index (κ2) is 6.29. The molecule has 19 heavy (non-hydrogen) atoms. The Hall–Kier alpha value is -1.95. The van der Waals surface area contributed by atoms with Gasteiger partial charge >= 0.3 is 5.97 Å². The van der Waals surface area contributed by atoms with E-state index in [0.717, 1.165) is 23.8 Å². The highest BCUT2D eigenvalue weighted by Gasteiger charge is 2.09. The highest BCUT2D eigenvalue weighted by atomic mass is 32.1. The van der Waals surface area contributed by atoms with Gasteiger partial charge in [-0.2, -0.15) is 0 Å². The third-order valence-corrected chi connectivity index (χ3v) is 3.63. The number of rotatable bonds is 6. The Morgan fingerprint density at radius 2 is 2.26 bits per heavy atom. The summed E-state index contributed by atoms with van der Waals surface area (Å²) in [5.74, 6) is -0.854. The van der Waals surface area contributed by atoms with Gasteiger partial charge in [-0.25, -0.2) is 4.98 Å². The maximum absolute atomic E-state index is 10.6. The van der Waals surface area contributed by atoms with Crippen LogP contribution in [-0.4, -0.2) is 34.6 Å². The van der Waals surface area contributed by atoms with Crippen LogP contribution in [-0.2, 0) is 17.6 Å². The zero-order chi connectivity index (χ0) is 13.7. The van der Waals surface area contributed by atoms with Crippen LogP contribution in [0.5, 0.6) is 0 Å². The minimum atomic E-state index is -0.854. The standard InChI is InChI=1S/C13H15N3O2S/c1-16(7-5-10-4-2-3-6-14-10)13-15-11(9-19-13)8-12(17)18/h2-4,6,9H,5,7-8H2,1H3,(H,17,18). The van der Waals surface area contributed by atoms with Crippen LogP contribution in [0.15, 0.2) is 29.8 Å². The molecule has 2 heterocycles. The van der Waals surface area contributed by atoms with Crippen LogP contribution in [0.1, 0.15) is 11.4 Å². The highest BCUT2D eigenvalue weighted by Crippen LogP contribution is 2.19. The minimum absolute atomic E-state index is 0.0232. The molecule has 2 rings (SSSR count). The zero-order valence-corrected chi connectivity index (χ0v) is 11.4. The van der Waals surface area contributed by atoms with E-state index in [9.17, 15) is 4.79 Å². The van der Waals surface area contributed by atoms with Gasteiger partial charge in [-0.1, -0.05) is 6.07 Å². The molecule has 2 aromatic rings. The van der Waals surface area contributed by atoms with Crippen LogP contribution < -0.4 is 4.90 Å². The molecular formula is C13H15N3O2S. The van der Waals surface area contributed by atoms with Gasteiger partial charge in [0.05, 0.1) is 12.1 Å². The number of aromatic nitrogens is 2. The van der Waals surface area contributed by atoms with Crippen molar-refractivity contribution in [1.82, 2.24) is 9.97 Å². The monoisotopic (exact) mass is 277 g/mol. The summed E-state index contributed by atoms with van der Waals surface area (Å²) < 4.78 is 0. The summed E-state index contributed by atoms with van der Waals surface area (Å²) in [6.45, 7) is 0.803. The van der Waals surface area contributed by atoms with Crippen LogP contribution in [0.2, 0.25) is 0 Å². The van der Waals surface area contributed by atoms with Gasteiger partial charge in [-0.3, -0.25) is 9.78 Å². The molecule has 2 aromatic heterocycles. The first-order valence-electron chi connectivity index (χ1n) is 5.92. The number of nitrogens with zero attached hydrogens (tertiary/aromatic N) is 3. The molecular weight excluding hydrogens is 262 g/mol. The van der Waals surface area contributed by atoms with Gasteiger partial charge in [-0.15, -0.1) is 11.3 Å². The molecule has 0 fully saturated rings. The number of carboxylic acid groups (broad SMARTS) is 1. The number of hydrogen-bond donors (Lipinski definition) is 1. The number of pyridine rings is 1. The van der Waals surface area contributed by atoms with E-state index in [4.69, 9.17) is 5.11 Å². The average Bonchev–Trinajstić information content (AvgIpc) is 2.85. The normalized spacial score (nSPS) is 10.4. The van der Waals surface area contributed by atoms with Crippen LogP contribution >= 0.6 is 11.3 Å². The molecule has 6 heteroatoms. The first-order chi connectivity index (χ1) is 9.15. The topological polar surface area (TPSA) is 66.3 Å². The van der Waals surface area contributed by atoms with E-state index in [0.29, 0.717) is 5.69 Å². The third-order valence-electron chi connectivity index (χ3n) is 2.63. The first-order valence-corrected chi connectivity index (χ1v) is 6.80. The van der Waals surface area contributed by atoms with Crippen LogP contribution in [0.3, 0.4) is 0 Å². The van der Waals surface area contributed by atoms with Gasteiger partial charge in [0.2, 0.25) is 0 Å². The lowest BCUT2D eigenvalue weighted by Gasteiger charge is -2.14. The van der Waals surface area contributed by atoms with E-state index in [-0.39, 0.29) is 6.42 Å². The molecule has 0 atom stereocenters.